The fourth-order valence-electron chi connectivity index (χ4n) is 2.89. The van der Waals surface area contributed by atoms with Crippen molar-refractivity contribution < 1.29 is 0 Å². The van der Waals surface area contributed by atoms with Crippen molar-refractivity contribution in [2.24, 2.45) is 5.73 Å². The Hall–Kier alpha value is -1.84. The predicted molar refractivity (Wildman–Crippen MR) is 87.7 cm³/mol. The van der Waals surface area contributed by atoms with E-state index in [1.807, 2.05) is 50.2 Å². The Morgan fingerprint density at radius 1 is 1.14 bits per heavy atom. The van der Waals surface area contributed by atoms with Crippen LogP contribution in [-0.4, -0.2) is 15.6 Å². The zero-order valence-electron chi connectivity index (χ0n) is 12.1. The van der Waals surface area contributed by atoms with E-state index in [9.17, 15) is 0 Å². The van der Waals surface area contributed by atoms with Crippen LogP contribution in [0.1, 0.15) is 24.4 Å². The second kappa shape index (κ2) is 5.51. The first-order valence-electron chi connectivity index (χ1n) is 7.02. The van der Waals surface area contributed by atoms with Crippen LogP contribution in [0, 0.1) is 6.92 Å². The predicted octanol–water partition coefficient (Wildman–Crippen LogP) is 3.93. The number of hydrogen-bond acceptors (Lipinski definition) is 2. The summed E-state index contributed by atoms with van der Waals surface area (Å²) in [4.78, 5) is 4.64. The average molecular weight is 300 g/mol. The summed E-state index contributed by atoms with van der Waals surface area (Å²) in [6.45, 7) is 4.03. The summed E-state index contributed by atoms with van der Waals surface area (Å²) < 4.78 is 2.20. The number of nitrogens with two attached hydrogens (primary N) is 1. The van der Waals surface area contributed by atoms with Crippen molar-refractivity contribution in [2.75, 3.05) is 0 Å². The molecule has 0 saturated carbocycles. The average Bonchev–Trinajstić information content (AvgIpc) is 2.76. The van der Waals surface area contributed by atoms with E-state index in [2.05, 4.69) is 21.7 Å². The highest BCUT2D eigenvalue weighted by Crippen LogP contribution is 2.29. The molecule has 108 valence electrons. The van der Waals surface area contributed by atoms with E-state index in [1.54, 1.807) is 0 Å². The third-order valence-electron chi connectivity index (χ3n) is 3.74. The third-order valence-corrected chi connectivity index (χ3v) is 3.97. The van der Waals surface area contributed by atoms with E-state index in [-0.39, 0.29) is 12.1 Å². The summed E-state index contributed by atoms with van der Waals surface area (Å²) >= 11 is 6.15. The number of aromatic nitrogens is 2. The van der Waals surface area contributed by atoms with Crippen molar-refractivity contribution in [3.05, 3.63) is 64.9 Å². The van der Waals surface area contributed by atoms with Crippen LogP contribution in [0.25, 0.3) is 11.0 Å². The van der Waals surface area contributed by atoms with Gasteiger partial charge in [0.15, 0.2) is 0 Å². The highest BCUT2D eigenvalue weighted by atomic mass is 35.5. The van der Waals surface area contributed by atoms with E-state index < -0.39 is 0 Å². The van der Waals surface area contributed by atoms with Gasteiger partial charge in [-0.05, 0) is 43.7 Å². The molecule has 0 bridgehead atoms. The van der Waals surface area contributed by atoms with Gasteiger partial charge in [-0.1, -0.05) is 35.9 Å². The zero-order valence-corrected chi connectivity index (χ0v) is 12.9. The second-order valence-corrected chi connectivity index (χ2v) is 5.81. The molecule has 0 radical (unpaired) electrons. The third kappa shape index (κ3) is 2.55. The lowest BCUT2D eigenvalue weighted by Gasteiger charge is -2.25. The summed E-state index contributed by atoms with van der Waals surface area (Å²) in [5.41, 5.74) is 9.46. The van der Waals surface area contributed by atoms with E-state index >= 15 is 0 Å². The molecule has 0 aliphatic carbocycles. The summed E-state index contributed by atoms with van der Waals surface area (Å²) in [6, 6.07) is 16.0. The van der Waals surface area contributed by atoms with Crippen LogP contribution < -0.4 is 5.73 Å². The lowest BCUT2D eigenvalue weighted by atomic mass is 10.0. The van der Waals surface area contributed by atoms with Crippen molar-refractivity contribution in [2.45, 2.75) is 25.9 Å². The molecule has 0 spiro atoms. The molecule has 1 heterocycles. The minimum absolute atomic E-state index is 0.0103. The van der Waals surface area contributed by atoms with Gasteiger partial charge in [-0.2, -0.15) is 0 Å². The molecule has 3 aromatic rings. The minimum Gasteiger partial charge on any atom is -0.326 e. The summed E-state index contributed by atoms with van der Waals surface area (Å²) in [7, 11) is 0. The summed E-state index contributed by atoms with van der Waals surface area (Å²) in [5.74, 6) is 0.957. The van der Waals surface area contributed by atoms with Crippen LogP contribution in [0.2, 0.25) is 5.02 Å². The number of nitrogens with zero attached hydrogens (tertiary/aromatic N) is 2. The van der Waals surface area contributed by atoms with Crippen molar-refractivity contribution >= 4 is 22.6 Å². The van der Waals surface area contributed by atoms with Crippen LogP contribution in [0.15, 0.2) is 48.5 Å². The Morgan fingerprint density at radius 2 is 1.90 bits per heavy atom. The number of fused-ring (bicyclic) bond motifs is 1. The van der Waals surface area contributed by atoms with Gasteiger partial charge in [-0.3, -0.25) is 0 Å². The van der Waals surface area contributed by atoms with E-state index in [0.29, 0.717) is 0 Å². The number of aryl methyl sites for hydroxylation is 1. The number of para-hydroxylation sites is 2. The molecule has 3 rings (SSSR count). The van der Waals surface area contributed by atoms with Crippen molar-refractivity contribution in [1.29, 1.82) is 0 Å². The first kappa shape index (κ1) is 14.1. The maximum atomic E-state index is 6.28. The molecule has 0 fully saturated rings. The number of imidazole rings is 1. The maximum absolute atomic E-state index is 6.28. The van der Waals surface area contributed by atoms with Gasteiger partial charge < -0.3 is 10.3 Å². The standard InChI is InChI=1S/C17H18ClN3/c1-11(19)17(13-6-5-7-14(18)10-13)21-12(2)20-15-8-3-4-9-16(15)21/h3-11,17H,19H2,1-2H3. The number of benzene rings is 2. The van der Waals surface area contributed by atoms with Gasteiger partial charge in [0.2, 0.25) is 0 Å². The topological polar surface area (TPSA) is 43.8 Å². The van der Waals surface area contributed by atoms with Gasteiger partial charge in [0, 0.05) is 11.1 Å². The van der Waals surface area contributed by atoms with Gasteiger partial charge in [0.05, 0.1) is 17.1 Å². The van der Waals surface area contributed by atoms with Gasteiger partial charge in [0.25, 0.3) is 0 Å². The fourth-order valence-corrected chi connectivity index (χ4v) is 3.09. The molecule has 2 aromatic carbocycles. The van der Waals surface area contributed by atoms with Crippen LogP contribution in [0.3, 0.4) is 0 Å². The first-order valence-corrected chi connectivity index (χ1v) is 7.40. The largest absolute Gasteiger partial charge is 0.326 e. The van der Waals surface area contributed by atoms with Gasteiger partial charge in [-0.15, -0.1) is 0 Å². The first-order chi connectivity index (χ1) is 10.1. The smallest absolute Gasteiger partial charge is 0.107 e. The maximum Gasteiger partial charge on any atom is 0.107 e. The Labute approximate surface area is 129 Å². The highest BCUT2D eigenvalue weighted by Gasteiger charge is 2.22. The minimum atomic E-state index is -0.0558. The monoisotopic (exact) mass is 299 g/mol. The van der Waals surface area contributed by atoms with Gasteiger partial charge >= 0.3 is 0 Å². The van der Waals surface area contributed by atoms with Crippen LogP contribution in [0.5, 0.6) is 0 Å². The molecule has 2 N–H and O–H groups in total. The van der Waals surface area contributed by atoms with Crippen LogP contribution in [0.4, 0.5) is 0 Å². The Bertz CT molecular complexity index is 777. The normalized spacial score (nSPS) is 14.3. The molecular formula is C17H18ClN3. The van der Waals surface area contributed by atoms with Crippen molar-refractivity contribution in [3.63, 3.8) is 0 Å². The molecule has 21 heavy (non-hydrogen) atoms. The molecule has 0 saturated heterocycles. The van der Waals surface area contributed by atoms with Crippen LogP contribution >= 0.6 is 11.6 Å². The highest BCUT2D eigenvalue weighted by molar-refractivity contribution is 6.30. The Morgan fingerprint density at radius 3 is 2.62 bits per heavy atom. The van der Waals surface area contributed by atoms with E-state index in [4.69, 9.17) is 17.3 Å². The molecular weight excluding hydrogens is 282 g/mol. The molecule has 2 atom stereocenters. The number of rotatable bonds is 3. The van der Waals surface area contributed by atoms with Gasteiger partial charge in [-0.25, -0.2) is 4.98 Å². The SMILES string of the molecule is Cc1nc2ccccc2n1C(c1cccc(Cl)c1)C(C)N. The van der Waals surface area contributed by atoms with Crippen LogP contribution in [-0.2, 0) is 0 Å². The Kier molecular flexibility index (Phi) is 3.70. The number of halogens is 1. The van der Waals surface area contributed by atoms with E-state index in [1.165, 1.54) is 0 Å². The molecule has 0 aliphatic heterocycles. The summed E-state index contributed by atoms with van der Waals surface area (Å²) in [6.07, 6.45) is 0. The molecule has 3 nitrogen and oxygen atoms in total. The second-order valence-electron chi connectivity index (χ2n) is 5.38. The van der Waals surface area contributed by atoms with E-state index in [0.717, 1.165) is 27.4 Å². The lowest BCUT2D eigenvalue weighted by molar-refractivity contribution is 0.497. The van der Waals surface area contributed by atoms with Gasteiger partial charge in [0.1, 0.15) is 5.82 Å². The molecule has 2 unspecified atom stereocenters. The lowest BCUT2D eigenvalue weighted by Crippen LogP contribution is -2.30. The quantitative estimate of drug-likeness (QED) is 0.796. The fraction of sp³-hybridized carbons (Fsp3) is 0.235. The molecule has 0 amide bonds. The zero-order chi connectivity index (χ0) is 15.0. The molecule has 1 aromatic heterocycles. The Balaban J connectivity index is 2.23. The summed E-state index contributed by atoms with van der Waals surface area (Å²) in [5, 5.41) is 0.722. The van der Waals surface area contributed by atoms with Crippen molar-refractivity contribution in [1.82, 2.24) is 9.55 Å². The number of hydrogen-bond donors (Lipinski definition) is 1. The molecule has 4 heteroatoms. The van der Waals surface area contributed by atoms with Crippen molar-refractivity contribution in [3.8, 4) is 0 Å². The molecule has 0 aliphatic rings.